The molecule has 0 radical (unpaired) electrons. The van der Waals surface area contributed by atoms with Gasteiger partial charge in [-0.2, -0.15) is 0 Å². The second-order valence-electron chi connectivity index (χ2n) is 6.35. The number of nitrogens with zero attached hydrogens (tertiary/aromatic N) is 1. The molecular weight excluding hydrogens is 352 g/mol. The summed E-state index contributed by atoms with van der Waals surface area (Å²) in [6.45, 7) is 5.49. The zero-order chi connectivity index (χ0) is 19.0. The number of fused-ring (bicyclic) bond motifs is 1. The molecule has 2 amide bonds. The SMILES string of the molecule is CCC(C(=O)Nc1cc(Cl)ccc1C)N1C(=O)C(=O)c2cccc(C)c21. The molecule has 0 aliphatic carbocycles. The van der Waals surface area contributed by atoms with Gasteiger partial charge in [0.05, 0.1) is 11.3 Å². The summed E-state index contributed by atoms with van der Waals surface area (Å²) in [5.74, 6) is -1.59. The van der Waals surface area contributed by atoms with Crippen molar-refractivity contribution in [2.24, 2.45) is 0 Å². The van der Waals surface area contributed by atoms with Gasteiger partial charge in [0.1, 0.15) is 6.04 Å². The fourth-order valence-electron chi connectivity index (χ4n) is 3.22. The molecule has 0 saturated heterocycles. The molecule has 1 aliphatic heterocycles. The number of carbonyl (C=O) groups excluding carboxylic acids is 3. The van der Waals surface area contributed by atoms with E-state index >= 15 is 0 Å². The number of benzene rings is 2. The fraction of sp³-hybridized carbons (Fsp3) is 0.250. The number of aryl methyl sites for hydroxylation is 2. The van der Waals surface area contributed by atoms with Gasteiger partial charge in [0.2, 0.25) is 5.91 Å². The van der Waals surface area contributed by atoms with Crippen LogP contribution in [0.25, 0.3) is 0 Å². The molecule has 5 nitrogen and oxygen atoms in total. The number of hydrogen-bond acceptors (Lipinski definition) is 3. The molecule has 3 rings (SSSR count). The predicted octanol–water partition coefficient (Wildman–Crippen LogP) is 3.90. The van der Waals surface area contributed by atoms with Crippen LogP contribution in [-0.2, 0) is 9.59 Å². The van der Waals surface area contributed by atoms with E-state index in [9.17, 15) is 14.4 Å². The van der Waals surface area contributed by atoms with E-state index in [1.165, 1.54) is 4.90 Å². The third-order valence-corrected chi connectivity index (χ3v) is 4.83. The van der Waals surface area contributed by atoms with Crippen molar-refractivity contribution in [1.29, 1.82) is 0 Å². The van der Waals surface area contributed by atoms with E-state index in [-0.39, 0.29) is 5.91 Å². The van der Waals surface area contributed by atoms with Crippen LogP contribution < -0.4 is 10.2 Å². The first-order chi connectivity index (χ1) is 12.3. The summed E-state index contributed by atoms with van der Waals surface area (Å²) >= 11 is 6.01. The predicted molar refractivity (Wildman–Crippen MR) is 102 cm³/mol. The zero-order valence-corrected chi connectivity index (χ0v) is 15.6. The smallest absolute Gasteiger partial charge is 0.300 e. The van der Waals surface area contributed by atoms with Gasteiger partial charge in [0.15, 0.2) is 0 Å². The number of para-hydroxylation sites is 1. The third-order valence-electron chi connectivity index (χ3n) is 4.59. The van der Waals surface area contributed by atoms with Gasteiger partial charge in [-0.3, -0.25) is 19.3 Å². The second-order valence-corrected chi connectivity index (χ2v) is 6.78. The molecule has 1 N–H and O–H groups in total. The Bertz CT molecular complexity index is 923. The highest BCUT2D eigenvalue weighted by atomic mass is 35.5. The Morgan fingerprint density at radius 3 is 2.58 bits per heavy atom. The quantitative estimate of drug-likeness (QED) is 0.830. The molecule has 0 bridgehead atoms. The van der Waals surface area contributed by atoms with Crippen molar-refractivity contribution in [1.82, 2.24) is 0 Å². The first-order valence-corrected chi connectivity index (χ1v) is 8.77. The first-order valence-electron chi connectivity index (χ1n) is 8.39. The lowest BCUT2D eigenvalue weighted by atomic mass is 10.1. The van der Waals surface area contributed by atoms with Crippen molar-refractivity contribution in [3.63, 3.8) is 0 Å². The van der Waals surface area contributed by atoms with E-state index in [1.54, 1.807) is 24.3 Å². The standard InChI is InChI=1S/C20H19ClN2O3/c1-4-16(19(25)22-15-10-13(21)9-8-11(15)2)23-17-12(3)6-5-7-14(17)18(24)20(23)26/h5-10,16H,4H2,1-3H3,(H,22,25). The number of ketones is 1. The van der Waals surface area contributed by atoms with Gasteiger partial charge in [0.25, 0.3) is 11.7 Å². The van der Waals surface area contributed by atoms with Gasteiger partial charge in [-0.1, -0.05) is 36.7 Å². The minimum atomic E-state index is -0.785. The maximum atomic E-state index is 12.9. The number of Topliss-reactive ketones (excluding diaryl/α,β-unsaturated/α-hetero) is 1. The highest BCUT2D eigenvalue weighted by molar-refractivity contribution is 6.53. The zero-order valence-electron chi connectivity index (χ0n) is 14.8. The molecule has 6 heteroatoms. The van der Waals surface area contributed by atoms with Crippen LogP contribution in [0.15, 0.2) is 36.4 Å². The fourth-order valence-corrected chi connectivity index (χ4v) is 3.39. The number of nitrogens with one attached hydrogen (secondary N) is 1. The Hall–Kier alpha value is -2.66. The van der Waals surface area contributed by atoms with Gasteiger partial charge < -0.3 is 5.32 Å². The number of carbonyl (C=O) groups is 3. The Morgan fingerprint density at radius 1 is 1.15 bits per heavy atom. The van der Waals surface area contributed by atoms with Crippen LogP contribution in [0.2, 0.25) is 5.02 Å². The molecule has 0 saturated carbocycles. The third kappa shape index (κ3) is 2.99. The highest BCUT2D eigenvalue weighted by Gasteiger charge is 2.42. The highest BCUT2D eigenvalue weighted by Crippen LogP contribution is 2.35. The lowest BCUT2D eigenvalue weighted by molar-refractivity contribution is -0.121. The molecule has 0 spiro atoms. The summed E-state index contributed by atoms with van der Waals surface area (Å²) in [5.41, 5.74) is 3.10. The molecular formula is C20H19ClN2O3. The van der Waals surface area contributed by atoms with E-state index in [1.807, 2.05) is 32.9 Å². The van der Waals surface area contributed by atoms with Gasteiger partial charge in [-0.15, -0.1) is 0 Å². The van der Waals surface area contributed by atoms with Crippen molar-refractivity contribution in [2.45, 2.75) is 33.2 Å². The molecule has 1 heterocycles. The Labute approximate surface area is 156 Å². The monoisotopic (exact) mass is 370 g/mol. The molecule has 0 fully saturated rings. The molecule has 134 valence electrons. The molecule has 1 aliphatic rings. The van der Waals surface area contributed by atoms with Gasteiger partial charge in [-0.25, -0.2) is 0 Å². The molecule has 2 aromatic carbocycles. The maximum Gasteiger partial charge on any atom is 0.300 e. The van der Waals surface area contributed by atoms with E-state index in [4.69, 9.17) is 11.6 Å². The summed E-state index contributed by atoms with van der Waals surface area (Å²) in [4.78, 5) is 39.1. The molecule has 1 unspecified atom stereocenters. The van der Waals surface area contributed by atoms with Gasteiger partial charge >= 0.3 is 0 Å². The van der Waals surface area contributed by atoms with Crippen LogP contribution in [0.1, 0.15) is 34.8 Å². The first kappa shape index (κ1) is 18.1. The molecule has 0 aromatic heterocycles. The average molecular weight is 371 g/mol. The number of hydrogen-bond donors (Lipinski definition) is 1. The summed E-state index contributed by atoms with van der Waals surface area (Å²) < 4.78 is 0. The minimum absolute atomic E-state index is 0.347. The Balaban J connectivity index is 1.97. The van der Waals surface area contributed by atoms with Crippen LogP contribution in [0.4, 0.5) is 11.4 Å². The summed E-state index contributed by atoms with van der Waals surface area (Å²) in [7, 11) is 0. The normalized spacial score (nSPS) is 14.4. The van der Waals surface area contributed by atoms with Crippen LogP contribution in [-0.4, -0.2) is 23.6 Å². The lowest BCUT2D eigenvalue weighted by Gasteiger charge is -2.27. The summed E-state index contributed by atoms with van der Waals surface area (Å²) in [6.07, 6.45) is 0.373. The maximum absolute atomic E-state index is 12.9. The Morgan fingerprint density at radius 2 is 1.88 bits per heavy atom. The second kappa shape index (κ2) is 6.92. The van der Waals surface area contributed by atoms with Crippen LogP contribution in [0.5, 0.6) is 0 Å². The summed E-state index contributed by atoms with van der Waals surface area (Å²) in [6, 6.07) is 9.61. The van der Waals surface area contributed by atoms with Crippen LogP contribution >= 0.6 is 11.6 Å². The van der Waals surface area contributed by atoms with E-state index in [0.29, 0.717) is 28.4 Å². The minimum Gasteiger partial charge on any atom is -0.324 e. The van der Waals surface area contributed by atoms with E-state index in [2.05, 4.69) is 5.32 Å². The topological polar surface area (TPSA) is 66.5 Å². The largest absolute Gasteiger partial charge is 0.324 e. The van der Waals surface area contributed by atoms with Crippen molar-refractivity contribution < 1.29 is 14.4 Å². The van der Waals surface area contributed by atoms with Gasteiger partial charge in [0, 0.05) is 10.7 Å². The average Bonchev–Trinajstić information content (AvgIpc) is 2.85. The van der Waals surface area contributed by atoms with Crippen LogP contribution in [0.3, 0.4) is 0 Å². The van der Waals surface area contributed by atoms with E-state index < -0.39 is 17.7 Å². The number of anilines is 2. The number of halogens is 1. The molecule has 26 heavy (non-hydrogen) atoms. The Kier molecular flexibility index (Phi) is 4.83. The number of rotatable bonds is 4. The molecule has 1 atom stereocenters. The van der Waals surface area contributed by atoms with Crippen molar-refractivity contribution in [3.05, 3.63) is 58.1 Å². The molecule has 2 aromatic rings. The lowest BCUT2D eigenvalue weighted by Crippen LogP contribution is -2.47. The van der Waals surface area contributed by atoms with Crippen molar-refractivity contribution in [3.8, 4) is 0 Å². The number of amides is 2. The van der Waals surface area contributed by atoms with Crippen molar-refractivity contribution >= 4 is 40.6 Å². The van der Waals surface area contributed by atoms with Crippen molar-refractivity contribution in [2.75, 3.05) is 10.2 Å². The van der Waals surface area contributed by atoms with E-state index in [0.717, 1.165) is 11.1 Å². The summed E-state index contributed by atoms with van der Waals surface area (Å²) in [5, 5.41) is 3.34. The van der Waals surface area contributed by atoms with Gasteiger partial charge in [-0.05, 0) is 49.6 Å². The van der Waals surface area contributed by atoms with Crippen LogP contribution in [0, 0.1) is 13.8 Å².